The second-order valence-electron chi connectivity index (χ2n) is 10.4. The molecular weight excluding hydrogens is 510 g/mol. The fourth-order valence-electron chi connectivity index (χ4n) is 5.15. The molecule has 0 aliphatic heterocycles. The quantitative estimate of drug-likeness (QED) is 0.361. The zero-order valence-electron chi connectivity index (χ0n) is 22.5. The zero-order chi connectivity index (χ0) is 28.5. The highest BCUT2D eigenvalue weighted by Gasteiger charge is 2.34. The second-order valence-corrected chi connectivity index (χ2v) is 10.4. The number of carboxylic acids is 2. The van der Waals surface area contributed by atoms with Crippen LogP contribution in [0.3, 0.4) is 0 Å². The van der Waals surface area contributed by atoms with Crippen LogP contribution < -0.4 is 0 Å². The summed E-state index contributed by atoms with van der Waals surface area (Å²) in [7, 11) is 4.00. The first-order chi connectivity index (χ1) is 18.6. The minimum absolute atomic E-state index is 0.0267. The molecule has 0 bridgehead atoms. The smallest absolute Gasteiger partial charge is 0.335 e. The minimum atomic E-state index is -2.27. The van der Waals surface area contributed by atoms with Gasteiger partial charge in [0.2, 0.25) is 5.76 Å². The average Bonchev–Trinajstić information content (AvgIpc) is 3.59. The molecule has 2 heterocycles. The number of aromatic nitrogens is 1. The predicted molar refractivity (Wildman–Crippen MR) is 139 cm³/mol. The van der Waals surface area contributed by atoms with E-state index < -0.39 is 24.1 Å². The van der Waals surface area contributed by atoms with Crippen molar-refractivity contribution in [1.82, 2.24) is 15.0 Å². The summed E-state index contributed by atoms with van der Waals surface area (Å²) < 4.78 is 11.4. The lowest BCUT2D eigenvalue weighted by molar-refractivity contribution is -0.165. The number of hydrogen-bond donors (Lipinski definition) is 4. The summed E-state index contributed by atoms with van der Waals surface area (Å²) in [6.45, 7) is 0.719. The summed E-state index contributed by atoms with van der Waals surface area (Å²) in [5.74, 6) is -1.51. The molecule has 2 atom stereocenters. The van der Waals surface area contributed by atoms with Crippen LogP contribution in [0.5, 0.6) is 0 Å². The predicted octanol–water partition coefficient (Wildman–Crippen LogP) is 2.98. The molecule has 2 aromatic rings. The van der Waals surface area contributed by atoms with Crippen molar-refractivity contribution in [3.63, 3.8) is 0 Å². The SMILES string of the molecule is CN(C)Cc1ccc(-c2cc(C(=O)N(C3CCCCC3)C3CCCCC3)no2)o1.O=C(O)[C@H](O)[C@@H](O)C(=O)O. The molecule has 12 nitrogen and oxygen atoms in total. The molecular formula is C27H39N3O9. The van der Waals surface area contributed by atoms with Gasteiger partial charge < -0.3 is 39.2 Å². The van der Waals surface area contributed by atoms with E-state index in [-0.39, 0.29) is 5.91 Å². The molecule has 2 saturated carbocycles. The first kappa shape index (κ1) is 30.3. The molecule has 2 fully saturated rings. The van der Waals surface area contributed by atoms with Gasteiger partial charge in [0.15, 0.2) is 23.7 Å². The van der Waals surface area contributed by atoms with Crippen molar-refractivity contribution >= 4 is 17.8 Å². The van der Waals surface area contributed by atoms with Crippen LogP contribution in [-0.2, 0) is 16.1 Å². The average molecular weight is 550 g/mol. The number of aliphatic carboxylic acids is 2. The number of carbonyl (C=O) groups excluding carboxylic acids is 1. The number of furan rings is 1. The summed E-state index contributed by atoms with van der Waals surface area (Å²) in [6, 6.07) is 6.26. The summed E-state index contributed by atoms with van der Waals surface area (Å²) in [5.41, 5.74) is 0.404. The maximum atomic E-state index is 13.5. The monoisotopic (exact) mass is 549 g/mol. The van der Waals surface area contributed by atoms with Crippen LogP contribution in [-0.4, -0.2) is 91.6 Å². The largest absolute Gasteiger partial charge is 0.479 e. The Balaban J connectivity index is 0.000000360. The number of carboxylic acid groups (broad SMARTS) is 2. The fraction of sp³-hybridized carbons (Fsp3) is 0.630. The Hall–Kier alpha value is -3.22. The molecule has 0 saturated heterocycles. The number of carbonyl (C=O) groups is 3. The molecule has 12 heteroatoms. The molecule has 2 aromatic heterocycles. The third-order valence-corrected chi connectivity index (χ3v) is 7.08. The van der Waals surface area contributed by atoms with Gasteiger partial charge in [-0.15, -0.1) is 0 Å². The van der Waals surface area contributed by atoms with Gasteiger partial charge in [0.1, 0.15) is 5.76 Å². The van der Waals surface area contributed by atoms with Gasteiger partial charge in [0, 0.05) is 18.2 Å². The Labute approximate surface area is 227 Å². The van der Waals surface area contributed by atoms with Gasteiger partial charge in [-0.3, -0.25) is 4.79 Å². The Bertz CT molecular complexity index is 1050. The summed E-state index contributed by atoms with van der Waals surface area (Å²) >= 11 is 0. The number of aliphatic hydroxyl groups is 2. The van der Waals surface area contributed by atoms with Crippen LogP contribution in [0.2, 0.25) is 0 Å². The first-order valence-corrected chi connectivity index (χ1v) is 13.4. The van der Waals surface area contributed by atoms with Gasteiger partial charge in [-0.25, -0.2) is 9.59 Å². The van der Waals surface area contributed by atoms with Crippen molar-refractivity contribution in [2.45, 2.75) is 95.0 Å². The number of amides is 1. The molecule has 4 rings (SSSR count). The molecule has 39 heavy (non-hydrogen) atoms. The van der Waals surface area contributed by atoms with E-state index in [1.165, 1.54) is 38.5 Å². The molecule has 0 aromatic carbocycles. The summed E-state index contributed by atoms with van der Waals surface area (Å²) in [5, 5.41) is 36.7. The van der Waals surface area contributed by atoms with Crippen LogP contribution in [0.4, 0.5) is 0 Å². The lowest BCUT2D eigenvalue weighted by Gasteiger charge is -2.41. The van der Waals surface area contributed by atoms with Gasteiger partial charge >= 0.3 is 11.9 Å². The Morgan fingerprint density at radius 3 is 1.85 bits per heavy atom. The number of rotatable bonds is 9. The molecule has 4 N–H and O–H groups in total. The van der Waals surface area contributed by atoms with Crippen molar-refractivity contribution in [2.75, 3.05) is 14.1 Å². The number of nitrogens with zero attached hydrogens (tertiary/aromatic N) is 3. The van der Waals surface area contributed by atoms with E-state index in [9.17, 15) is 14.4 Å². The van der Waals surface area contributed by atoms with Crippen LogP contribution >= 0.6 is 0 Å². The molecule has 216 valence electrons. The highest BCUT2D eigenvalue weighted by atomic mass is 16.5. The minimum Gasteiger partial charge on any atom is -0.479 e. The molecule has 0 spiro atoms. The van der Waals surface area contributed by atoms with Crippen molar-refractivity contribution in [2.24, 2.45) is 0 Å². The van der Waals surface area contributed by atoms with E-state index in [4.69, 9.17) is 29.4 Å². The Morgan fingerprint density at radius 1 is 0.872 bits per heavy atom. The third kappa shape index (κ3) is 8.38. The molecule has 1 amide bonds. The zero-order valence-corrected chi connectivity index (χ0v) is 22.5. The van der Waals surface area contributed by atoms with Crippen molar-refractivity contribution < 1.29 is 43.7 Å². The van der Waals surface area contributed by atoms with E-state index in [2.05, 4.69) is 10.1 Å². The number of aliphatic hydroxyl groups excluding tert-OH is 2. The van der Waals surface area contributed by atoms with Gasteiger partial charge in [-0.2, -0.15) is 0 Å². The maximum absolute atomic E-state index is 13.5. The van der Waals surface area contributed by atoms with E-state index in [1.807, 2.05) is 31.1 Å². The van der Waals surface area contributed by atoms with E-state index >= 15 is 0 Å². The van der Waals surface area contributed by atoms with Crippen LogP contribution in [0.1, 0.15) is 80.5 Å². The van der Waals surface area contributed by atoms with Gasteiger partial charge in [-0.1, -0.05) is 43.7 Å². The van der Waals surface area contributed by atoms with Crippen LogP contribution in [0.25, 0.3) is 11.5 Å². The topological polar surface area (TPSA) is 178 Å². The van der Waals surface area contributed by atoms with E-state index in [1.54, 1.807) is 6.07 Å². The molecule has 2 aliphatic rings. The Morgan fingerprint density at radius 2 is 1.38 bits per heavy atom. The molecule has 0 unspecified atom stereocenters. The second kappa shape index (κ2) is 14.2. The lowest BCUT2D eigenvalue weighted by atomic mass is 9.88. The number of hydrogen-bond acceptors (Lipinski definition) is 9. The lowest BCUT2D eigenvalue weighted by Crippen LogP contribution is -2.48. The molecule has 0 radical (unpaired) electrons. The van der Waals surface area contributed by atoms with E-state index in [0.717, 1.165) is 38.0 Å². The maximum Gasteiger partial charge on any atom is 0.335 e. The van der Waals surface area contributed by atoms with Crippen molar-refractivity contribution in [3.05, 3.63) is 29.7 Å². The summed E-state index contributed by atoms with van der Waals surface area (Å²) in [6.07, 6.45) is 7.33. The van der Waals surface area contributed by atoms with Crippen LogP contribution in [0.15, 0.2) is 27.1 Å². The van der Waals surface area contributed by atoms with E-state index in [0.29, 0.717) is 29.3 Å². The normalized spacial score (nSPS) is 18.2. The Kier molecular flexibility index (Phi) is 11.1. The van der Waals surface area contributed by atoms with Gasteiger partial charge in [0.25, 0.3) is 5.91 Å². The third-order valence-electron chi connectivity index (χ3n) is 7.08. The highest BCUT2D eigenvalue weighted by molar-refractivity contribution is 5.93. The van der Waals surface area contributed by atoms with Crippen molar-refractivity contribution in [1.29, 1.82) is 0 Å². The molecule has 2 aliphatic carbocycles. The van der Waals surface area contributed by atoms with Gasteiger partial charge in [0.05, 0.1) is 6.54 Å². The summed E-state index contributed by atoms with van der Waals surface area (Å²) in [4.78, 5) is 37.3. The standard InChI is InChI=1S/C23H33N3O3.C4H6O6/c1-25(2)16-19-13-14-21(28-19)22-15-20(24-29-22)23(27)26(17-9-5-3-6-10-17)18-11-7-4-8-12-18;5-1(3(7)8)2(6)4(9)10/h13-15,17-18H,3-12,16H2,1-2H3;1-2,5-6H,(H,7,8)(H,9,10)/t;1-,2-/m.1/s1. The van der Waals surface area contributed by atoms with Crippen LogP contribution in [0, 0.1) is 0 Å². The highest BCUT2D eigenvalue weighted by Crippen LogP contribution is 2.32. The van der Waals surface area contributed by atoms with Gasteiger partial charge in [-0.05, 0) is 51.9 Å². The first-order valence-electron chi connectivity index (χ1n) is 13.4. The fourth-order valence-corrected chi connectivity index (χ4v) is 5.15. The van der Waals surface area contributed by atoms with Crippen molar-refractivity contribution in [3.8, 4) is 11.5 Å².